The summed E-state index contributed by atoms with van der Waals surface area (Å²) < 4.78 is 0. The Morgan fingerprint density at radius 3 is 2.03 bits per heavy atom. The molecule has 0 fully saturated rings. The number of carboxylic acids is 2. The summed E-state index contributed by atoms with van der Waals surface area (Å²) in [6, 6.07) is -3.98. The summed E-state index contributed by atoms with van der Waals surface area (Å²) in [7, 11) is 0. The molecule has 0 aliphatic carbocycles. The minimum Gasteiger partial charge on any atom is -0.481 e. The number of hydrogen-bond donors (Lipinski definition) is 9. The van der Waals surface area contributed by atoms with Gasteiger partial charge in [0.25, 0.3) is 0 Å². The van der Waals surface area contributed by atoms with E-state index in [1.54, 1.807) is 0 Å². The number of carboxylic acid groups (broad SMARTS) is 2. The van der Waals surface area contributed by atoms with Gasteiger partial charge >= 0.3 is 11.9 Å². The lowest BCUT2D eigenvalue weighted by molar-refractivity contribution is -0.147. The minimum absolute atomic E-state index is 0.113. The van der Waals surface area contributed by atoms with Gasteiger partial charge in [-0.3, -0.25) is 29.0 Å². The predicted octanol–water partition coefficient (Wildman–Crippen LogP) is -4.72. The second-order valence-corrected chi connectivity index (χ2v) is 6.90. The Balaban J connectivity index is 4.90. The largest absolute Gasteiger partial charge is 0.481 e. The summed E-state index contributed by atoms with van der Waals surface area (Å²) in [4.78, 5) is 73.0. The number of carbonyl (C=O) groups excluding carboxylic acids is 4. The third-order valence-corrected chi connectivity index (χ3v) is 4.05. The quantitative estimate of drug-likeness (QED) is 0.0581. The summed E-state index contributed by atoms with van der Waals surface area (Å²) >= 11 is 0. The lowest BCUT2D eigenvalue weighted by Gasteiger charge is -2.20. The van der Waals surface area contributed by atoms with E-state index in [2.05, 4.69) is 15.6 Å². The first kappa shape index (κ1) is 29.0. The SMILES string of the molecule is NC(=O)CCC(NC(=O)C(N)CCCN=C(N)N)C(=O)NCC(=O)NC(CC(=O)O)C(=O)O. The Morgan fingerprint density at radius 2 is 1.52 bits per heavy atom. The molecule has 0 aromatic heterocycles. The molecule has 33 heavy (non-hydrogen) atoms. The summed E-state index contributed by atoms with van der Waals surface area (Å²) in [5.74, 6) is -6.42. The molecule has 0 radical (unpaired) electrons. The van der Waals surface area contributed by atoms with Crippen LogP contribution in [0.25, 0.3) is 0 Å². The molecule has 4 amide bonds. The number of aliphatic imine (C=N–C) groups is 1. The van der Waals surface area contributed by atoms with Gasteiger partial charge in [0.05, 0.1) is 19.0 Å². The van der Waals surface area contributed by atoms with Crippen LogP contribution >= 0.6 is 0 Å². The van der Waals surface area contributed by atoms with E-state index < -0.39 is 66.7 Å². The number of primary amides is 1. The lowest BCUT2D eigenvalue weighted by atomic mass is 10.1. The van der Waals surface area contributed by atoms with Crippen LogP contribution in [-0.2, 0) is 28.8 Å². The summed E-state index contributed by atoms with van der Waals surface area (Å²) in [5.41, 5.74) is 21.2. The molecule has 3 unspecified atom stereocenters. The molecule has 16 nitrogen and oxygen atoms in total. The molecule has 0 aliphatic heterocycles. The number of rotatable bonds is 16. The first-order valence-electron chi connectivity index (χ1n) is 9.74. The van der Waals surface area contributed by atoms with Gasteiger partial charge in [0, 0.05) is 13.0 Å². The molecular formula is C17H30N8O8. The average Bonchev–Trinajstić information content (AvgIpc) is 2.70. The fourth-order valence-corrected chi connectivity index (χ4v) is 2.40. The molecule has 0 heterocycles. The van der Waals surface area contributed by atoms with Gasteiger partial charge in [-0.15, -0.1) is 0 Å². The number of hydrogen-bond acceptors (Lipinski definition) is 8. The van der Waals surface area contributed by atoms with Crippen molar-refractivity contribution in [2.45, 2.75) is 50.2 Å². The first-order valence-corrected chi connectivity index (χ1v) is 9.74. The molecule has 0 spiro atoms. The van der Waals surface area contributed by atoms with Crippen LogP contribution in [0.2, 0.25) is 0 Å². The summed E-state index contributed by atoms with van der Waals surface area (Å²) in [6.07, 6.45) is -0.745. The fraction of sp³-hybridized carbons (Fsp3) is 0.588. The maximum Gasteiger partial charge on any atom is 0.326 e. The van der Waals surface area contributed by atoms with Crippen LogP contribution in [0.4, 0.5) is 0 Å². The maximum atomic E-state index is 12.4. The molecule has 0 bridgehead atoms. The maximum absolute atomic E-state index is 12.4. The zero-order valence-corrected chi connectivity index (χ0v) is 17.8. The third-order valence-electron chi connectivity index (χ3n) is 4.05. The Morgan fingerprint density at radius 1 is 0.879 bits per heavy atom. The van der Waals surface area contributed by atoms with E-state index in [0.717, 1.165) is 0 Å². The van der Waals surface area contributed by atoms with Gasteiger partial charge in [-0.25, -0.2) is 4.79 Å². The van der Waals surface area contributed by atoms with Crippen molar-refractivity contribution < 1.29 is 39.0 Å². The Labute approximate surface area is 188 Å². The van der Waals surface area contributed by atoms with E-state index in [9.17, 15) is 28.8 Å². The van der Waals surface area contributed by atoms with Gasteiger partial charge < -0.3 is 49.1 Å². The van der Waals surface area contributed by atoms with Crippen molar-refractivity contribution in [3.63, 3.8) is 0 Å². The lowest BCUT2D eigenvalue weighted by Crippen LogP contribution is -2.53. The zero-order chi connectivity index (χ0) is 25.6. The van der Waals surface area contributed by atoms with E-state index in [-0.39, 0.29) is 31.8 Å². The van der Waals surface area contributed by atoms with Crippen LogP contribution in [0.3, 0.4) is 0 Å². The fourth-order valence-electron chi connectivity index (χ4n) is 2.40. The number of nitrogens with two attached hydrogens (primary N) is 4. The normalized spacial score (nSPS) is 13.0. The van der Waals surface area contributed by atoms with E-state index in [0.29, 0.717) is 6.42 Å². The molecule has 3 atom stereocenters. The van der Waals surface area contributed by atoms with Crippen molar-refractivity contribution in [1.29, 1.82) is 0 Å². The van der Waals surface area contributed by atoms with Crippen LogP contribution in [-0.4, -0.2) is 83.0 Å². The highest BCUT2D eigenvalue weighted by molar-refractivity contribution is 5.93. The Hall–Kier alpha value is -3.95. The molecule has 0 aliphatic rings. The van der Waals surface area contributed by atoms with Crippen LogP contribution in [0.1, 0.15) is 32.1 Å². The molecule has 186 valence electrons. The second-order valence-electron chi connectivity index (χ2n) is 6.90. The number of amides is 4. The van der Waals surface area contributed by atoms with Crippen molar-refractivity contribution in [1.82, 2.24) is 16.0 Å². The monoisotopic (exact) mass is 474 g/mol. The van der Waals surface area contributed by atoms with E-state index in [4.69, 9.17) is 33.1 Å². The highest BCUT2D eigenvalue weighted by atomic mass is 16.4. The minimum atomic E-state index is -1.70. The third kappa shape index (κ3) is 13.9. The van der Waals surface area contributed by atoms with Gasteiger partial charge in [-0.1, -0.05) is 0 Å². The van der Waals surface area contributed by atoms with Crippen LogP contribution in [0.5, 0.6) is 0 Å². The highest BCUT2D eigenvalue weighted by Crippen LogP contribution is 2.01. The van der Waals surface area contributed by atoms with Crippen LogP contribution in [0, 0.1) is 0 Å². The first-order chi connectivity index (χ1) is 15.3. The van der Waals surface area contributed by atoms with Crippen molar-refractivity contribution in [3.05, 3.63) is 0 Å². The second kappa shape index (κ2) is 15.0. The number of nitrogens with zero attached hydrogens (tertiary/aromatic N) is 1. The van der Waals surface area contributed by atoms with Gasteiger partial charge in [-0.2, -0.15) is 0 Å². The molecule has 0 aromatic carbocycles. The molecule has 0 aromatic rings. The van der Waals surface area contributed by atoms with E-state index >= 15 is 0 Å². The Bertz CT molecular complexity index is 768. The standard InChI is InChI=1S/C17H30N8O8/c18-8(2-1-5-22-17(20)21)14(30)25-9(3-4-11(19)26)15(31)23-7-12(27)24-10(16(32)33)6-13(28)29/h8-10H,1-7,18H2,(H2,19,26)(H,23,31)(H,24,27)(H,25,30)(H,28,29)(H,32,33)(H4,20,21,22). The van der Waals surface area contributed by atoms with Gasteiger partial charge in [-0.05, 0) is 19.3 Å². The molecule has 0 rings (SSSR count). The van der Waals surface area contributed by atoms with E-state index in [1.165, 1.54) is 0 Å². The topological polar surface area (TPSA) is 295 Å². The molecular weight excluding hydrogens is 444 g/mol. The highest BCUT2D eigenvalue weighted by Gasteiger charge is 2.26. The number of nitrogens with one attached hydrogen (secondary N) is 3. The van der Waals surface area contributed by atoms with Gasteiger partial charge in [0.2, 0.25) is 23.6 Å². The van der Waals surface area contributed by atoms with Crippen molar-refractivity contribution in [2.24, 2.45) is 27.9 Å². The molecule has 0 saturated carbocycles. The number of carbonyl (C=O) groups is 6. The predicted molar refractivity (Wildman–Crippen MR) is 113 cm³/mol. The van der Waals surface area contributed by atoms with Crippen LogP contribution in [0.15, 0.2) is 4.99 Å². The summed E-state index contributed by atoms with van der Waals surface area (Å²) in [5, 5.41) is 24.1. The van der Waals surface area contributed by atoms with Crippen molar-refractivity contribution in [3.8, 4) is 0 Å². The molecule has 13 N–H and O–H groups in total. The Kier molecular flexibility index (Phi) is 13.2. The van der Waals surface area contributed by atoms with Gasteiger partial charge in [0.1, 0.15) is 12.1 Å². The van der Waals surface area contributed by atoms with Crippen molar-refractivity contribution >= 4 is 41.5 Å². The summed E-state index contributed by atoms with van der Waals surface area (Å²) in [6.45, 7) is -0.473. The number of aliphatic carboxylic acids is 2. The van der Waals surface area contributed by atoms with E-state index in [1.807, 2.05) is 5.32 Å². The average molecular weight is 474 g/mol. The van der Waals surface area contributed by atoms with Crippen molar-refractivity contribution in [2.75, 3.05) is 13.1 Å². The van der Waals surface area contributed by atoms with Gasteiger partial charge in [0.15, 0.2) is 5.96 Å². The smallest absolute Gasteiger partial charge is 0.326 e. The molecule has 0 saturated heterocycles. The zero-order valence-electron chi connectivity index (χ0n) is 17.8. The number of guanidine groups is 1. The van der Waals surface area contributed by atoms with Crippen LogP contribution < -0.4 is 38.9 Å². The molecule has 16 heteroatoms.